The predicted octanol–water partition coefficient (Wildman–Crippen LogP) is 3.79. The van der Waals surface area contributed by atoms with Crippen LogP contribution in [0, 0.1) is 5.92 Å². The lowest BCUT2D eigenvalue weighted by Gasteiger charge is -2.51. The SMILES string of the molecule is C=C(C)C1C(=O)N(C(CO[Si](C)(C)C(C)(C)C)C(=O)OC)C1Cc1ccco1. The van der Waals surface area contributed by atoms with Gasteiger partial charge in [-0.3, -0.25) is 4.79 Å². The number of carbonyl (C=O) groups excluding carboxylic acids is 2. The summed E-state index contributed by atoms with van der Waals surface area (Å²) in [6.07, 6.45) is 2.12. The van der Waals surface area contributed by atoms with Crippen molar-refractivity contribution in [1.29, 1.82) is 0 Å². The molecule has 156 valence electrons. The molecule has 6 nitrogen and oxygen atoms in total. The quantitative estimate of drug-likeness (QED) is 0.284. The number of rotatable bonds is 8. The van der Waals surface area contributed by atoms with Gasteiger partial charge in [0.1, 0.15) is 5.76 Å². The minimum Gasteiger partial charge on any atom is -0.469 e. The highest BCUT2D eigenvalue weighted by Crippen LogP contribution is 2.39. The first-order valence-corrected chi connectivity index (χ1v) is 12.5. The monoisotopic (exact) mass is 407 g/mol. The standard InChI is InChI=1S/C21H33NO5Si/c1-14(2)18-16(12-15-10-9-11-26-15)22(19(18)23)17(20(24)25-6)13-27-28(7,8)21(3,4)5/h9-11,16-18H,1,12-13H2,2-8H3. The van der Waals surface area contributed by atoms with Gasteiger partial charge in [-0.05, 0) is 37.2 Å². The molecule has 2 heterocycles. The Morgan fingerprint density at radius 2 is 2.04 bits per heavy atom. The number of ether oxygens (including phenoxy) is 1. The molecule has 0 N–H and O–H groups in total. The van der Waals surface area contributed by atoms with Crippen molar-refractivity contribution in [3.05, 3.63) is 36.3 Å². The Kier molecular flexibility index (Phi) is 6.61. The van der Waals surface area contributed by atoms with Crippen LogP contribution in [0.2, 0.25) is 18.1 Å². The minimum atomic E-state index is -2.09. The van der Waals surface area contributed by atoms with E-state index < -0.39 is 20.3 Å². The Balaban J connectivity index is 2.26. The van der Waals surface area contributed by atoms with Crippen LogP contribution in [0.5, 0.6) is 0 Å². The molecule has 1 aliphatic heterocycles. The maximum Gasteiger partial charge on any atom is 0.330 e. The molecule has 0 aromatic carbocycles. The molecule has 3 atom stereocenters. The summed E-state index contributed by atoms with van der Waals surface area (Å²) in [6.45, 7) is 16.6. The molecule has 1 saturated heterocycles. The normalized spacial score (nSPS) is 21.2. The summed E-state index contributed by atoms with van der Waals surface area (Å²) in [5, 5.41) is 0.000432. The number of β-lactam (4-membered cyclic amide) rings is 1. The largest absolute Gasteiger partial charge is 0.469 e. The number of furan rings is 1. The molecule has 1 aromatic rings. The summed E-state index contributed by atoms with van der Waals surface area (Å²) in [7, 11) is -0.752. The summed E-state index contributed by atoms with van der Waals surface area (Å²) in [4.78, 5) is 27.1. The van der Waals surface area contributed by atoms with Crippen molar-refractivity contribution in [2.24, 2.45) is 5.92 Å². The number of nitrogens with zero attached hydrogens (tertiary/aromatic N) is 1. The van der Waals surface area contributed by atoms with Crippen LogP contribution in [0.15, 0.2) is 35.0 Å². The molecule has 7 heteroatoms. The third kappa shape index (κ3) is 4.41. The Morgan fingerprint density at radius 1 is 1.39 bits per heavy atom. The maximum atomic E-state index is 12.9. The highest BCUT2D eigenvalue weighted by Gasteiger charge is 2.53. The van der Waals surface area contributed by atoms with Crippen LogP contribution < -0.4 is 0 Å². The molecular formula is C21H33NO5Si. The van der Waals surface area contributed by atoms with Crippen LogP contribution >= 0.6 is 0 Å². The molecule has 1 amide bonds. The van der Waals surface area contributed by atoms with E-state index in [9.17, 15) is 9.59 Å². The second-order valence-electron chi connectivity index (χ2n) is 9.03. The predicted molar refractivity (Wildman–Crippen MR) is 110 cm³/mol. The van der Waals surface area contributed by atoms with Gasteiger partial charge in [0.15, 0.2) is 14.4 Å². The number of esters is 1. The first kappa shape index (κ1) is 22.4. The molecule has 0 radical (unpaired) electrons. The molecule has 1 fully saturated rings. The van der Waals surface area contributed by atoms with E-state index in [-0.39, 0.29) is 29.5 Å². The third-order valence-electron chi connectivity index (χ3n) is 6.00. The van der Waals surface area contributed by atoms with E-state index >= 15 is 0 Å². The van der Waals surface area contributed by atoms with E-state index in [1.54, 1.807) is 11.2 Å². The van der Waals surface area contributed by atoms with Gasteiger partial charge in [0.05, 0.1) is 31.9 Å². The van der Waals surface area contributed by atoms with Gasteiger partial charge < -0.3 is 18.5 Å². The smallest absolute Gasteiger partial charge is 0.330 e. The van der Waals surface area contributed by atoms with Crippen LogP contribution in [0.25, 0.3) is 0 Å². The van der Waals surface area contributed by atoms with Crippen LogP contribution in [-0.2, 0) is 25.2 Å². The average Bonchev–Trinajstić information content (AvgIpc) is 3.09. The molecular weight excluding hydrogens is 374 g/mol. The Hall–Kier alpha value is -1.86. The lowest BCUT2D eigenvalue weighted by Crippen LogP contribution is -2.68. The molecule has 0 saturated carbocycles. The van der Waals surface area contributed by atoms with E-state index in [0.29, 0.717) is 6.42 Å². The van der Waals surface area contributed by atoms with Gasteiger partial charge in [-0.2, -0.15) is 0 Å². The van der Waals surface area contributed by atoms with E-state index in [4.69, 9.17) is 13.6 Å². The number of likely N-dealkylation sites (tertiary alicyclic amines) is 1. The maximum absolute atomic E-state index is 12.9. The number of carbonyl (C=O) groups is 2. The highest BCUT2D eigenvalue weighted by atomic mass is 28.4. The van der Waals surface area contributed by atoms with Gasteiger partial charge in [-0.15, -0.1) is 0 Å². The first-order valence-electron chi connectivity index (χ1n) is 9.62. The molecule has 0 spiro atoms. The number of methoxy groups -OCH3 is 1. The van der Waals surface area contributed by atoms with E-state index in [2.05, 4.69) is 40.4 Å². The fourth-order valence-electron chi connectivity index (χ4n) is 3.24. The summed E-state index contributed by atoms with van der Waals surface area (Å²) < 4.78 is 16.7. The van der Waals surface area contributed by atoms with Gasteiger partial charge in [0.25, 0.3) is 0 Å². The van der Waals surface area contributed by atoms with Crippen molar-refractivity contribution in [3.63, 3.8) is 0 Å². The molecule has 3 unspecified atom stereocenters. The average molecular weight is 408 g/mol. The molecule has 28 heavy (non-hydrogen) atoms. The summed E-state index contributed by atoms with van der Waals surface area (Å²) in [5.74, 6) is -0.136. The van der Waals surface area contributed by atoms with Crippen molar-refractivity contribution in [2.75, 3.05) is 13.7 Å². The van der Waals surface area contributed by atoms with Crippen LogP contribution in [0.4, 0.5) is 0 Å². The molecule has 0 aliphatic carbocycles. The van der Waals surface area contributed by atoms with Gasteiger partial charge >= 0.3 is 5.97 Å². The van der Waals surface area contributed by atoms with E-state index in [0.717, 1.165) is 11.3 Å². The molecule has 1 aromatic heterocycles. The van der Waals surface area contributed by atoms with Crippen molar-refractivity contribution >= 4 is 20.2 Å². The zero-order valence-electron chi connectivity index (χ0n) is 18.1. The van der Waals surface area contributed by atoms with Crippen LogP contribution in [0.1, 0.15) is 33.5 Å². The number of hydrogen-bond donors (Lipinski definition) is 0. The summed E-state index contributed by atoms with van der Waals surface area (Å²) in [6, 6.07) is 2.70. The van der Waals surface area contributed by atoms with Crippen molar-refractivity contribution in [1.82, 2.24) is 4.90 Å². The minimum absolute atomic E-state index is 0.000432. The van der Waals surface area contributed by atoms with Crippen LogP contribution in [0.3, 0.4) is 0 Å². The van der Waals surface area contributed by atoms with E-state index in [1.807, 2.05) is 19.1 Å². The van der Waals surface area contributed by atoms with Crippen molar-refractivity contribution < 1.29 is 23.2 Å². The highest BCUT2D eigenvalue weighted by molar-refractivity contribution is 6.74. The molecule has 1 aliphatic rings. The first-order chi connectivity index (χ1) is 12.9. The summed E-state index contributed by atoms with van der Waals surface area (Å²) in [5.41, 5.74) is 0.784. The fraction of sp³-hybridized carbons (Fsp3) is 0.619. The second kappa shape index (κ2) is 8.25. The zero-order chi connectivity index (χ0) is 21.3. The van der Waals surface area contributed by atoms with Gasteiger partial charge in [-0.25, -0.2) is 4.79 Å². The molecule has 0 bridgehead atoms. The zero-order valence-corrected chi connectivity index (χ0v) is 19.1. The van der Waals surface area contributed by atoms with E-state index in [1.165, 1.54) is 7.11 Å². The topological polar surface area (TPSA) is 69.0 Å². The Labute approximate surface area is 169 Å². The summed E-state index contributed by atoms with van der Waals surface area (Å²) >= 11 is 0. The molecule has 2 rings (SSSR count). The van der Waals surface area contributed by atoms with Crippen molar-refractivity contribution in [3.8, 4) is 0 Å². The third-order valence-corrected chi connectivity index (χ3v) is 10.5. The Bertz CT molecular complexity index is 720. The van der Waals surface area contributed by atoms with Crippen LogP contribution in [-0.4, -0.2) is 50.9 Å². The van der Waals surface area contributed by atoms with Gasteiger partial charge in [-0.1, -0.05) is 32.9 Å². The fourth-order valence-corrected chi connectivity index (χ4v) is 4.25. The van der Waals surface area contributed by atoms with Crippen molar-refractivity contribution in [2.45, 2.75) is 64.3 Å². The number of amides is 1. The lowest BCUT2D eigenvalue weighted by molar-refractivity contribution is -0.171. The Morgan fingerprint density at radius 3 is 2.50 bits per heavy atom. The lowest BCUT2D eigenvalue weighted by atomic mass is 9.79. The van der Waals surface area contributed by atoms with Gasteiger partial charge in [0, 0.05) is 6.42 Å². The number of hydrogen-bond acceptors (Lipinski definition) is 5. The second-order valence-corrected chi connectivity index (χ2v) is 13.8. The van der Waals surface area contributed by atoms with Gasteiger partial charge in [0.2, 0.25) is 5.91 Å².